The molecule has 0 spiro atoms. The van der Waals surface area contributed by atoms with E-state index in [1.165, 1.54) is 12.4 Å². The normalized spacial score (nSPS) is 10.3. The van der Waals surface area contributed by atoms with Crippen molar-refractivity contribution in [2.75, 3.05) is 23.3 Å². The number of carbonyl (C=O) groups is 1. The van der Waals surface area contributed by atoms with Crippen molar-refractivity contribution < 1.29 is 9.53 Å². The first kappa shape index (κ1) is 18.4. The molecule has 0 fully saturated rings. The Morgan fingerprint density at radius 1 is 0.963 bits per heavy atom. The van der Waals surface area contributed by atoms with Gasteiger partial charge in [-0.1, -0.05) is 30.3 Å². The maximum atomic E-state index is 12.6. The van der Waals surface area contributed by atoms with E-state index < -0.39 is 0 Å². The molecule has 0 bridgehead atoms. The molecule has 0 aliphatic carbocycles. The van der Waals surface area contributed by atoms with Crippen LogP contribution in [0.3, 0.4) is 0 Å². The number of benzene rings is 2. The number of anilines is 2. The summed E-state index contributed by atoms with van der Waals surface area (Å²) in [5, 5.41) is 2.87. The molecular weight excluding hydrogens is 340 g/mol. The first-order valence-corrected chi connectivity index (χ1v) is 8.91. The summed E-state index contributed by atoms with van der Waals surface area (Å²) in [7, 11) is 0. The smallest absolute Gasteiger partial charge is 0.258 e. The summed E-state index contributed by atoms with van der Waals surface area (Å²) in [6, 6.07) is 16.7. The van der Waals surface area contributed by atoms with Crippen LogP contribution in [-0.4, -0.2) is 29.0 Å². The van der Waals surface area contributed by atoms with E-state index in [0.717, 1.165) is 13.1 Å². The molecule has 0 aliphatic rings. The number of carbonyl (C=O) groups excluding carboxylic acids is 1. The van der Waals surface area contributed by atoms with Crippen molar-refractivity contribution in [3.8, 4) is 11.5 Å². The van der Waals surface area contributed by atoms with Crippen LogP contribution in [0.15, 0.2) is 67.0 Å². The predicted octanol–water partition coefficient (Wildman–Crippen LogP) is 4.37. The summed E-state index contributed by atoms with van der Waals surface area (Å²) in [6.45, 7) is 5.70. The van der Waals surface area contributed by atoms with Gasteiger partial charge in [0.15, 0.2) is 5.75 Å². The van der Waals surface area contributed by atoms with E-state index in [1.807, 2.05) is 67.3 Å². The lowest BCUT2D eigenvalue weighted by Gasteiger charge is -2.18. The first-order chi connectivity index (χ1) is 13.2. The van der Waals surface area contributed by atoms with Gasteiger partial charge in [0, 0.05) is 25.5 Å². The Morgan fingerprint density at radius 3 is 2.26 bits per heavy atom. The van der Waals surface area contributed by atoms with Crippen molar-refractivity contribution in [3.63, 3.8) is 0 Å². The van der Waals surface area contributed by atoms with E-state index in [1.54, 1.807) is 6.07 Å². The molecule has 0 atom stereocenters. The zero-order valence-electron chi connectivity index (χ0n) is 15.4. The Morgan fingerprint density at radius 2 is 1.59 bits per heavy atom. The Kier molecular flexibility index (Phi) is 5.99. The maximum absolute atomic E-state index is 12.6. The molecular formula is C21H22N4O2. The molecule has 1 aromatic heterocycles. The fraction of sp³-hybridized carbons (Fsp3) is 0.190. The van der Waals surface area contributed by atoms with Crippen LogP contribution in [0.1, 0.15) is 24.2 Å². The fourth-order valence-electron chi connectivity index (χ4n) is 2.58. The highest BCUT2D eigenvalue weighted by Gasteiger charge is 2.12. The van der Waals surface area contributed by atoms with Gasteiger partial charge in [-0.15, -0.1) is 0 Å². The summed E-state index contributed by atoms with van der Waals surface area (Å²) in [5.74, 6) is 1.60. The molecule has 138 valence electrons. The van der Waals surface area contributed by atoms with Crippen LogP contribution in [0.5, 0.6) is 11.5 Å². The second kappa shape index (κ2) is 8.80. The fourth-order valence-corrected chi connectivity index (χ4v) is 2.58. The molecule has 0 radical (unpaired) electrons. The van der Waals surface area contributed by atoms with E-state index in [0.29, 0.717) is 28.7 Å². The Bertz CT molecular complexity index is 878. The van der Waals surface area contributed by atoms with Gasteiger partial charge in [-0.3, -0.25) is 4.79 Å². The quantitative estimate of drug-likeness (QED) is 0.676. The number of para-hydroxylation sites is 3. The van der Waals surface area contributed by atoms with Crippen LogP contribution in [-0.2, 0) is 0 Å². The predicted molar refractivity (Wildman–Crippen MR) is 107 cm³/mol. The largest absolute Gasteiger partial charge is 0.455 e. The molecule has 27 heavy (non-hydrogen) atoms. The minimum atomic E-state index is -0.287. The Hall–Kier alpha value is -3.41. The van der Waals surface area contributed by atoms with Crippen LogP contribution < -0.4 is 15.0 Å². The summed E-state index contributed by atoms with van der Waals surface area (Å²) in [4.78, 5) is 23.2. The number of nitrogens with zero attached hydrogens (tertiary/aromatic N) is 3. The van der Waals surface area contributed by atoms with Crippen molar-refractivity contribution >= 4 is 17.5 Å². The molecule has 3 rings (SSSR count). The monoisotopic (exact) mass is 362 g/mol. The van der Waals surface area contributed by atoms with Crippen LogP contribution in [0.4, 0.5) is 11.6 Å². The number of rotatable bonds is 7. The first-order valence-electron chi connectivity index (χ1n) is 8.91. The third-order valence-corrected chi connectivity index (χ3v) is 4.05. The molecule has 0 saturated heterocycles. The van der Waals surface area contributed by atoms with Gasteiger partial charge in [0.2, 0.25) is 5.95 Å². The number of amides is 1. The molecule has 3 aromatic rings. The van der Waals surface area contributed by atoms with Crippen molar-refractivity contribution in [3.05, 3.63) is 72.6 Å². The van der Waals surface area contributed by atoms with E-state index in [4.69, 9.17) is 4.74 Å². The minimum absolute atomic E-state index is 0.287. The summed E-state index contributed by atoms with van der Waals surface area (Å²) < 4.78 is 5.87. The van der Waals surface area contributed by atoms with Gasteiger partial charge in [-0.05, 0) is 38.1 Å². The lowest BCUT2D eigenvalue weighted by molar-refractivity contribution is 0.102. The zero-order valence-corrected chi connectivity index (χ0v) is 15.4. The van der Waals surface area contributed by atoms with Gasteiger partial charge in [-0.2, -0.15) is 0 Å². The average Bonchev–Trinajstić information content (AvgIpc) is 2.72. The Labute approximate surface area is 158 Å². The van der Waals surface area contributed by atoms with Crippen molar-refractivity contribution in [1.82, 2.24) is 9.97 Å². The van der Waals surface area contributed by atoms with Crippen LogP contribution in [0, 0.1) is 0 Å². The molecule has 2 aromatic carbocycles. The van der Waals surface area contributed by atoms with E-state index >= 15 is 0 Å². The third kappa shape index (κ3) is 4.61. The van der Waals surface area contributed by atoms with Gasteiger partial charge >= 0.3 is 0 Å². The molecule has 0 aliphatic heterocycles. The van der Waals surface area contributed by atoms with Gasteiger partial charge in [0.25, 0.3) is 5.91 Å². The molecule has 1 heterocycles. The molecule has 0 unspecified atom stereocenters. The Balaban J connectivity index is 1.74. The van der Waals surface area contributed by atoms with Crippen LogP contribution in [0.2, 0.25) is 0 Å². The number of nitrogens with one attached hydrogen (secondary N) is 1. The summed E-state index contributed by atoms with van der Waals surface area (Å²) in [5.41, 5.74) is 0.972. The summed E-state index contributed by atoms with van der Waals surface area (Å²) in [6.07, 6.45) is 3.08. The van der Waals surface area contributed by atoms with E-state index in [2.05, 4.69) is 15.3 Å². The van der Waals surface area contributed by atoms with Crippen LogP contribution in [0.25, 0.3) is 0 Å². The third-order valence-electron chi connectivity index (χ3n) is 4.05. The van der Waals surface area contributed by atoms with Gasteiger partial charge in [0.1, 0.15) is 5.75 Å². The molecule has 0 saturated carbocycles. The van der Waals surface area contributed by atoms with Crippen molar-refractivity contribution in [2.45, 2.75) is 13.8 Å². The highest BCUT2D eigenvalue weighted by atomic mass is 16.5. The van der Waals surface area contributed by atoms with Gasteiger partial charge < -0.3 is 15.0 Å². The SMILES string of the molecule is CCN(CC)c1ncc(C(=O)Nc2ccccc2Oc2ccccc2)cn1. The molecule has 1 N–H and O–H groups in total. The van der Waals surface area contributed by atoms with E-state index in [-0.39, 0.29) is 5.91 Å². The highest BCUT2D eigenvalue weighted by Crippen LogP contribution is 2.29. The zero-order chi connectivity index (χ0) is 19.1. The number of ether oxygens (including phenoxy) is 1. The molecule has 1 amide bonds. The summed E-state index contributed by atoms with van der Waals surface area (Å²) >= 11 is 0. The molecule has 6 nitrogen and oxygen atoms in total. The lowest BCUT2D eigenvalue weighted by atomic mass is 10.2. The van der Waals surface area contributed by atoms with E-state index in [9.17, 15) is 4.79 Å². The minimum Gasteiger partial charge on any atom is -0.455 e. The molecule has 6 heteroatoms. The topological polar surface area (TPSA) is 67.4 Å². The van der Waals surface area contributed by atoms with Crippen LogP contribution >= 0.6 is 0 Å². The second-order valence-electron chi connectivity index (χ2n) is 5.81. The van der Waals surface area contributed by atoms with Crippen molar-refractivity contribution in [1.29, 1.82) is 0 Å². The lowest BCUT2D eigenvalue weighted by Crippen LogP contribution is -2.24. The number of aromatic nitrogens is 2. The average molecular weight is 362 g/mol. The second-order valence-corrected chi connectivity index (χ2v) is 5.81. The standard InChI is InChI=1S/C21H22N4O2/c1-3-25(4-2)21-22-14-16(15-23-21)20(26)24-18-12-8-9-13-19(18)27-17-10-6-5-7-11-17/h5-15H,3-4H2,1-2H3,(H,24,26). The van der Waals surface area contributed by atoms with Crippen molar-refractivity contribution in [2.24, 2.45) is 0 Å². The van der Waals surface area contributed by atoms with Gasteiger partial charge in [-0.25, -0.2) is 9.97 Å². The highest BCUT2D eigenvalue weighted by molar-refractivity contribution is 6.04. The maximum Gasteiger partial charge on any atom is 0.258 e. The number of hydrogen-bond donors (Lipinski definition) is 1. The number of hydrogen-bond acceptors (Lipinski definition) is 5. The van der Waals surface area contributed by atoms with Gasteiger partial charge in [0.05, 0.1) is 11.3 Å².